The van der Waals surface area contributed by atoms with Crippen LogP contribution in [0.3, 0.4) is 0 Å². The minimum atomic E-state index is -0.340. The molecule has 0 aromatic heterocycles. The summed E-state index contributed by atoms with van der Waals surface area (Å²) in [5, 5.41) is 6.36. The van der Waals surface area contributed by atoms with Crippen LogP contribution in [-0.4, -0.2) is 11.8 Å². The van der Waals surface area contributed by atoms with Crippen LogP contribution in [0, 0.1) is 0 Å². The summed E-state index contributed by atoms with van der Waals surface area (Å²) in [6, 6.07) is 11.7. The average molecular weight is 379 g/mol. The molecule has 0 saturated heterocycles. The first-order chi connectivity index (χ1) is 12.0. The van der Waals surface area contributed by atoms with Gasteiger partial charge in [0.15, 0.2) is 0 Å². The van der Waals surface area contributed by atoms with Crippen LogP contribution in [0.1, 0.15) is 43.0 Å². The van der Waals surface area contributed by atoms with Crippen molar-refractivity contribution in [2.24, 2.45) is 0 Å². The standard InChI is InChI=1S/C19H20Cl2N2O2/c1-2-3-4-8-18(24)22-14-6-5-7-15(12-14)23-19(25)16-10-9-13(20)11-17(16)21/h5-7,9-12H,2-4,8H2,1H3,(H,22,24)(H,23,25). The molecule has 132 valence electrons. The number of anilines is 2. The quantitative estimate of drug-likeness (QED) is 0.601. The van der Waals surface area contributed by atoms with Crippen molar-refractivity contribution in [1.29, 1.82) is 0 Å². The number of benzene rings is 2. The first kappa shape index (κ1) is 19.3. The third-order valence-corrected chi connectivity index (χ3v) is 4.14. The molecule has 25 heavy (non-hydrogen) atoms. The summed E-state index contributed by atoms with van der Waals surface area (Å²) in [5.74, 6) is -0.370. The normalized spacial score (nSPS) is 10.4. The molecule has 0 spiro atoms. The number of rotatable bonds is 7. The minimum absolute atomic E-state index is 0.0299. The number of nitrogens with one attached hydrogen (secondary N) is 2. The van der Waals surface area contributed by atoms with Crippen molar-refractivity contribution in [1.82, 2.24) is 0 Å². The Labute approximate surface area is 157 Å². The van der Waals surface area contributed by atoms with Crippen molar-refractivity contribution in [3.05, 3.63) is 58.1 Å². The predicted octanol–water partition coefficient (Wildman–Crippen LogP) is 5.76. The maximum atomic E-state index is 12.3. The van der Waals surface area contributed by atoms with Gasteiger partial charge in [-0.1, -0.05) is 49.0 Å². The van der Waals surface area contributed by atoms with Crippen molar-refractivity contribution in [3.63, 3.8) is 0 Å². The van der Waals surface area contributed by atoms with Crippen molar-refractivity contribution in [3.8, 4) is 0 Å². The van der Waals surface area contributed by atoms with Gasteiger partial charge in [-0.25, -0.2) is 0 Å². The van der Waals surface area contributed by atoms with E-state index in [1.807, 2.05) is 0 Å². The van der Waals surface area contributed by atoms with E-state index in [0.29, 0.717) is 28.4 Å². The third-order valence-electron chi connectivity index (χ3n) is 3.59. The lowest BCUT2D eigenvalue weighted by Crippen LogP contribution is -2.14. The molecule has 0 bridgehead atoms. The molecule has 0 aliphatic carbocycles. The van der Waals surface area contributed by atoms with E-state index in [1.54, 1.807) is 36.4 Å². The molecule has 0 radical (unpaired) electrons. The molecule has 0 atom stereocenters. The van der Waals surface area contributed by atoms with Gasteiger partial charge in [-0.2, -0.15) is 0 Å². The van der Waals surface area contributed by atoms with Gasteiger partial charge in [-0.15, -0.1) is 0 Å². The highest BCUT2D eigenvalue weighted by Crippen LogP contribution is 2.23. The van der Waals surface area contributed by atoms with Gasteiger partial charge in [0.2, 0.25) is 5.91 Å². The zero-order chi connectivity index (χ0) is 18.2. The van der Waals surface area contributed by atoms with Gasteiger partial charge in [0.05, 0.1) is 10.6 Å². The molecule has 6 heteroatoms. The van der Waals surface area contributed by atoms with E-state index in [0.717, 1.165) is 19.3 Å². The van der Waals surface area contributed by atoms with Crippen LogP contribution in [0.15, 0.2) is 42.5 Å². The van der Waals surface area contributed by atoms with Crippen LogP contribution >= 0.6 is 23.2 Å². The molecule has 0 fully saturated rings. The topological polar surface area (TPSA) is 58.2 Å². The summed E-state index contributed by atoms with van der Waals surface area (Å²) in [6.45, 7) is 2.09. The maximum absolute atomic E-state index is 12.3. The van der Waals surface area contributed by atoms with E-state index >= 15 is 0 Å². The molecule has 2 aromatic carbocycles. The van der Waals surface area contributed by atoms with E-state index in [1.165, 1.54) is 6.07 Å². The zero-order valence-corrected chi connectivity index (χ0v) is 15.5. The van der Waals surface area contributed by atoms with E-state index in [2.05, 4.69) is 17.6 Å². The molecule has 2 rings (SSSR count). The molecular weight excluding hydrogens is 359 g/mol. The van der Waals surface area contributed by atoms with Crippen LogP contribution < -0.4 is 10.6 Å². The van der Waals surface area contributed by atoms with Crippen molar-refractivity contribution >= 4 is 46.4 Å². The van der Waals surface area contributed by atoms with E-state index in [4.69, 9.17) is 23.2 Å². The molecule has 2 amide bonds. The van der Waals surface area contributed by atoms with Gasteiger partial charge in [-0.05, 0) is 42.8 Å². The Hall–Kier alpha value is -2.04. The Morgan fingerprint density at radius 3 is 2.36 bits per heavy atom. The number of hydrogen-bond donors (Lipinski definition) is 2. The van der Waals surface area contributed by atoms with Crippen LogP contribution in [0.4, 0.5) is 11.4 Å². The fourth-order valence-electron chi connectivity index (χ4n) is 2.31. The van der Waals surface area contributed by atoms with E-state index < -0.39 is 0 Å². The SMILES string of the molecule is CCCCCC(=O)Nc1cccc(NC(=O)c2ccc(Cl)cc2Cl)c1. The molecule has 0 aliphatic rings. The fourth-order valence-corrected chi connectivity index (χ4v) is 2.80. The Balaban J connectivity index is 2.01. The molecule has 2 N–H and O–H groups in total. The summed E-state index contributed by atoms with van der Waals surface area (Å²) < 4.78 is 0. The summed E-state index contributed by atoms with van der Waals surface area (Å²) >= 11 is 11.9. The second-order valence-electron chi connectivity index (χ2n) is 5.66. The highest BCUT2D eigenvalue weighted by molar-refractivity contribution is 6.37. The van der Waals surface area contributed by atoms with Crippen molar-refractivity contribution in [2.75, 3.05) is 10.6 Å². The molecule has 0 heterocycles. The summed E-state index contributed by atoms with van der Waals surface area (Å²) in [4.78, 5) is 24.2. The lowest BCUT2D eigenvalue weighted by molar-refractivity contribution is -0.116. The molecule has 4 nitrogen and oxygen atoms in total. The molecule has 0 unspecified atom stereocenters. The van der Waals surface area contributed by atoms with E-state index in [-0.39, 0.29) is 16.8 Å². The largest absolute Gasteiger partial charge is 0.326 e. The second kappa shape index (κ2) is 9.44. The lowest BCUT2D eigenvalue weighted by Gasteiger charge is -2.10. The molecule has 0 aliphatic heterocycles. The smallest absolute Gasteiger partial charge is 0.257 e. The van der Waals surface area contributed by atoms with Crippen LogP contribution in [0.2, 0.25) is 10.0 Å². The van der Waals surface area contributed by atoms with Gasteiger partial charge in [0, 0.05) is 22.8 Å². The average Bonchev–Trinajstić information content (AvgIpc) is 2.55. The lowest BCUT2D eigenvalue weighted by atomic mass is 10.2. The first-order valence-electron chi connectivity index (χ1n) is 8.16. The number of halogens is 2. The molecule has 2 aromatic rings. The first-order valence-corrected chi connectivity index (χ1v) is 8.91. The van der Waals surface area contributed by atoms with Gasteiger partial charge in [0.1, 0.15) is 0 Å². The van der Waals surface area contributed by atoms with Crippen LogP contribution in [0.5, 0.6) is 0 Å². The Kier molecular flexibility index (Phi) is 7.29. The van der Waals surface area contributed by atoms with E-state index in [9.17, 15) is 9.59 Å². The highest BCUT2D eigenvalue weighted by atomic mass is 35.5. The summed E-state index contributed by atoms with van der Waals surface area (Å²) in [6.07, 6.45) is 3.46. The highest BCUT2D eigenvalue weighted by Gasteiger charge is 2.11. The minimum Gasteiger partial charge on any atom is -0.326 e. The number of amides is 2. The van der Waals surface area contributed by atoms with Gasteiger partial charge < -0.3 is 10.6 Å². The Morgan fingerprint density at radius 1 is 0.960 bits per heavy atom. The predicted molar refractivity (Wildman–Crippen MR) is 104 cm³/mol. The Morgan fingerprint density at radius 2 is 1.68 bits per heavy atom. The van der Waals surface area contributed by atoms with Crippen LogP contribution in [-0.2, 0) is 4.79 Å². The van der Waals surface area contributed by atoms with Gasteiger partial charge >= 0.3 is 0 Å². The number of unbranched alkanes of at least 4 members (excludes halogenated alkanes) is 2. The van der Waals surface area contributed by atoms with Gasteiger partial charge in [-0.3, -0.25) is 9.59 Å². The third kappa shape index (κ3) is 6.07. The van der Waals surface area contributed by atoms with Crippen molar-refractivity contribution < 1.29 is 9.59 Å². The monoisotopic (exact) mass is 378 g/mol. The maximum Gasteiger partial charge on any atom is 0.257 e. The molecular formula is C19H20Cl2N2O2. The van der Waals surface area contributed by atoms with Crippen LogP contribution in [0.25, 0.3) is 0 Å². The summed E-state index contributed by atoms with van der Waals surface area (Å²) in [7, 11) is 0. The number of carbonyl (C=O) groups excluding carboxylic acids is 2. The fraction of sp³-hybridized carbons (Fsp3) is 0.263. The zero-order valence-electron chi connectivity index (χ0n) is 13.9. The second-order valence-corrected chi connectivity index (χ2v) is 6.51. The number of hydrogen-bond acceptors (Lipinski definition) is 2. The van der Waals surface area contributed by atoms with Crippen molar-refractivity contribution in [2.45, 2.75) is 32.6 Å². The Bertz CT molecular complexity index is 763. The van der Waals surface area contributed by atoms with Gasteiger partial charge in [0.25, 0.3) is 5.91 Å². The molecule has 0 saturated carbocycles. The number of carbonyl (C=O) groups is 2. The summed E-state index contributed by atoms with van der Waals surface area (Å²) in [5.41, 5.74) is 1.55.